The maximum absolute atomic E-state index is 10.5. The third-order valence-electron chi connectivity index (χ3n) is 1.38. The summed E-state index contributed by atoms with van der Waals surface area (Å²) in [5.74, 6) is -0.221. The van der Waals surface area contributed by atoms with Crippen LogP contribution in [0.2, 0.25) is 10.0 Å². The predicted octanol–water partition coefficient (Wildman–Crippen LogP) is 2.46. The zero-order valence-corrected chi connectivity index (χ0v) is 8.93. The van der Waals surface area contributed by atoms with Gasteiger partial charge in [-0.2, -0.15) is 5.10 Å². The summed E-state index contributed by atoms with van der Waals surface area (Å²) in [6, 6.07) is 5.08. The van der Waals surface area contributed by atoms with Crippen molar-refractivity contribution in [2.24, 2.45) is 5.10 Å². The predicted molar refractivity (Wildman–Crippen MR) is 57.9 cm³/mol. The number of carbonyl (C=O) groups excluding carboxylic acids is 1. The lowest BCUT2D eigenvalue weighted by molar-refractivity contribution is -0.118. The summed E-state index contributed by atoms with van der Waals surface area (Å²) >= 11 is 11.5. The molecule has 1 N–H and O–H groups in total. The maximum Gasteiger partial charge on any atom is 0.236 e. The van der Waals surface area contributed by atoms with Crippen molar-refractivity contribution >= 4 is 35.3 Å². The van der Waals surface area contributed by atoms with E-state index in [2.05, 4.69) is 10.5 Å². The van der Waals surface area contributed by atoms with Crippen LogP contribution in [0, 0.1) is 0 Å². The molecule has 0 bridgehead atoms. The van der Waals surface area contributed by atoms with E-state index in [-0.39, 0.29) is 5.91 Å². The van der Waals surface area contributed by atoms with E-state index in [9.17, 15) is 4.79 Å². The fourth-order valence-corrected chi connectivity index (χ4v) is 1.10. The molecule has 0 aliphatic rings. The van der Waals surface area contributed by atoms with Gasteiger partial charge >= 0.3 is 0 Å². The van der Waals surface area contributed by atoms with Crippen LogP contribution < -0.4 is 5.43 Å². The van der Waals surface area contributed by atoms with Crippen LogP contribution in [0.1, 0.15) is 12.5 Å². The Kier molecular flexibility index (Phi) is 3.92. The number of hydrazone groups is 1. The molecule has 5 heteroatoms. The van der Waals surface area contributed by atoms with Gasteiger partial charge in [-0.3, -0.25) is 4.79 Å². The Hall–Kier alpha value is -1.06. The molecule has 74 valence electrons. The molecule has 0 radical (unpaired) electrons. The van der Waals surface area contributed by atoms with Crippen molar-refractivity contribution in [1.29, 1.82) is 0 Å². The summed E-state index contributed by atoms with van der Waals surface area (Å²) in [6.07, 6.45) is 1.49. The maximum atomic E-state index is 10.5. The molecule has 0 heterocycles. The highest BCUT2D eigenvalue weighted by molar-refractivity contribution is 6.42. The number of nitrogens with zero attached hydrogens (tertiary/aromatic N) is 1. The molecular weight excluding hydrogens is 223 g/mol. The molecule has 0 aromatic heterocycles. The van der Waals surface area contributed by atoms with E-state index in [4.69, 9.17) is 23.2 Å². The van der Waals surface area contributed by atoms with Crippen LogP contribution in [-0.4, -0.2) is 12.1 Å². The van der Waals surface area contributed by atoms with E-state index < -0.39 is 0 Å². The van der Waals surface area contributed by atoms with Crippen molar-refractivity contribution in [3.8, 4) is 0 Å². The number of rotatable bonds is 2. The monoisotopic (exact) mass is 230 g/mol. The minimum Gasteiger partial charge on any atom is -0.274 e. The van der Waals surface area contributed by atoms with Gasteiger partial charge in [0.2, 0.25) is 5.91 Å². The summed E-state index contributed by atoms with van der Waals surface area (Å²) in [5.41, 5.74) is 3.05. The van der Waals surface area contributed by atoms with Crippen molar-refractivity contribution < 1.29 is 4.79 Å². The Labute approximate surface area is 91.7 Å². The van der Waals surface area contributed by atoms with Crippen LogP contribution in [0.3, 0.4) is 0 Å². The molecule has 0 aliphatic heterocycles. The molecule has 0 saturated heterocycles. The highest BCUT2D eigenvalue weighted by Gasteiger charge is 1.96. The molecule has 0 fully saturated rings. The van der Waals surface area contributed by atoms with Gasteiger partial charge in [0.15, 0.2) is 0 Å². The van der Waals surface area contributed by atoms with Crippen molar-refractivity contribution in [1.82, 2.24) is 5.43 Å². The Morgan fingerprint density at radius 1 is 1.43 bits per heavy atom. The van der Waals surface area contributed by atoms with Crippen LogP contribution >= 0.6 is 23.2 Å². The van der Waals surface area contributed by atoms with Gasteiger partial charge < -0.3 is 0 Å². The third kappa shape index (κ3) is 3.36. The number of benzene rings is 1. The molecule has 0 aliphatic carbocycles. The zero-order valence-electron chi connectivity index (χ0n) is 7.42. The van der Waals surface area contributed by atoms with E-state index >= 15 is 0 Å². The van der Waals surface area contributed by atoms with E-state index in [0.717, 1.165) is 5.56 Å². The highest BCUT2D eigenvalue weighted by Crippen LogP contribution is 2.21. The topological polar surface area (TPSA) is 41.5 Å². The van der Waals surface area contributed by atoms with Crippen molar-refractivity contribution in [3.63, 3.8) is 0 Å². The SMILES string of the molecule is CC(=O)N/N=C\c1ccc(Cl)c(Cl)c1. The number of carbonyl (C=O) groups is 1. The average Bonchev–Trinajstić information content (AvgIpc) is 2.10. The van der Waals surface area contributed by atoms with Crippen molar-refractivity contribution in [3.05, 3.63) is 33.8 Å². The second-order valence-corrected chi connectivity index (χ2v) is 3.41. The highest BCUT2D eigenvalue weighted by atomic mass is 35.5. The van der Waals surface area contributed by atoms with Gasteiger partial charge in [-0.05, 0) is 17.7 Å². The van der Waals surface area contributed by atoms with E-state index in [1.54, 1.807) is 18.2 Å². The summed E-state index contributed by atoms with van der Waals surface area (Å²) < 4.78 is 0. The summed E-state index contributed by atoms with van der Waals surface area (Å²) in [6.45, 7) is 1.38. The minimum absolute atomic E-state index is 0.221. The van der Waals surface area contributed by atoms with Gasteiger partial charge in [-0.1, -0.05) is 29.3 Å². The lowest BCUT2D eigenvalue weighted by Crippen LogP contribution is -2.12. The summed E-state index contributed by atoms with van der Waals surface area (Å²) in [5, 5.41) is 4.63. The van der Waals surface area contributed by atoms with Crippen molar-refractivity contribution in [2.75, 3.05) is 0 Å². The molecule has 1 amide bonds. The zero-order chi connectivity index (χ0) is 10.6. The number of halogens is 2. The Balaban J connectivity index is 2.73. The Bertz CT molecular complexity index is 377. The van der Waals surface area contributed by atoms with Crippen LogP contribution in [0.25, 0.3) is 0 Å². The first-order chi connectivity index (χ1) is 6.59. The standard InChI is InChI=1S/C9H8Cl2N2O/c1-6(14)13-12-5-7-2-3-8(10)9(11)4-7/h2-5H,1H3,(H,13,14)/b12-5-. The normalized spacial score (nSPS) is 10.5. The molecule has 1 aromatic rings. The molecule has 0 saturated carbocycles. The van der Waals surface area contributed by atoms with Gasteiger partial charge in [0.25, 0.3) is 0 Å². The lowest BCUT2D eigenvalue weighted by Gasteiger charge is -1.96. The fraction of sp³-hybridized carbons (Fsp3) is 0.111. The second kappa shape index (κ2) is 4.98. The van der Waals surface area contributed by atoms with Gasteiger partial charge in [-0.15, -0.1) is 0 Å². The molecule has 0 atom stereocenters. The van der Waals surface area contributed by atoms with Crippen LogP contribution in [0.5, 0.6) is 0 Å². The van der Waals surface area contributed by atoms with Crippen LogP contribution in [-0.2, 0) is 4.79 Å². The first-order valence-corrected chi connectivity index (χ1v) is 4.60. The number of nitrogens with one attached hydrogen (secondary N) is 1. The number of hydrogen-bond acceptors (Lipinski definition) is 2. The molecule has 0 unspecified atom stereocenters. The van der Waals surface area contributed by atoms with E-state index in [0.29, 0.717) is 10.0 Å². The molecular formula is C9H8Cl2N2O. The third-order valence-corrected chi connectivity index (χ3v) is 2.12. The van der Waals surface area contributed by atoms with Gasteiger partial charge in [0.1, 0.15) is 0 Å². The molecule has 3 nitrogen and oxygen atoms in total. The van der Waals surface area contributed by atoms with E-state index in [1.165, 1.54) is 13.1 Å². The van der Waals surface area contributed by atoms with E-state index in [1.807, 2.05) is 0 Å². The fourth-order valence-electron chi connectivity index (χ4n) is 0.790. The average molecular weight is 231 g/mol. The molecule has 1 rings (SSSR count). The summed E-state index contributed by atoms with van der Waals surface area (Å²) in [4.78, 5) is 10.5. The quantitative estimate of drug-likeness (QED) is 0.616. The van der Waals surface area contributed by atoms with Gasteiger partial charge in [0, 0.05) is 6.92 Å². The molecule has 14 heavy (non-hydrogen) atoms. The number of amides is 1. The first kappa shape index (κ1) is 11.0. The van der Waals surface area contributed by atoms with Gasteiger partial charge in [0.05, 0.1) is 16.3 Å². The van der Waals surface area contributed by atoms with Crippen molar-refractivity contribution in [2.45, 2.75) is 6.92 Å². The molecule has 1 aromatic carbocycles. The minimum atomic E-state index is -0.221. The Morgan fingerprint density at radius 3 is 2.71 bits per heavy atom. The molecule has 0 spiro atoms. The smallest absolute Gasteiger partial charge is 0.236 e. The van der Waals surface area contributed by atoms with Gasteiger partial charge in [-0.25, -0.2) is 5.43 Å². The van der Waals surface area contributed by atoms with Crippen LogP contribution in [0.4, 0.5) is 0 Å². The number of hydrogen-bond donors (Lipinski definition) is 1. The first-order valence-electron chi connectivity index (χ1n) is 3.84. The largest absolute Gasteiger partial charge is 0.274 e. The van der Waals surface area contributed by atoms with Crippen LogP contribution in [0.15, 0.2) is 23.3 Å². The summed E-state index contributed by atoms with van der Waals surface area (Å²) in [7, 11) is 0. The Morgan fingerprint density at radius 2 is 2.14 bits per heavy atom. The second-order valence-electron chi connectivity index (χ2n) is 2.60. The lowest BCUT2D eigenvalue weighted by atomic mass is 10.2.